The third-order valence-electron chi connectivity index (χ3n) is 5.70. The summed E-state index contributed by atoms with van der Waals surface area (Å²) in [7, 11) is 0. The number of carbonyl (C=O) groups is 2. The quantitative estimate of drug-likeness (QED) is 0.406. The fourth-order valence-corrected chi connectivity index (χ4v) is 4.19. The van der Waals surface area contributed by atoms with Crippen LogP contribution in [0.2, 0.25) is 0 Å². The van der Waals surface area contributed by atoms with E-state index in [0.29, 0.717) is 18.9 Å². The molecule has 1 amide bonds. The first kappa shape index (κ1) is 19.1. The number of aromatic amines is 1. The Morgan fingerprint density at radius 1 is 1.19 bits per heavy atom. The maximum absolute atomic E-state index is 14.6. The minimum atomic E-state index is -0.741. The highest BCUT2D eigenvalue weighted by molar-refractivity contribution is 6.45. The van der Waals surface area contributed by atoms with Crippen LogP contribution in [0.1, 0.15) is 34.7 Å². The normalized spacial score (nSPS) is 16.5. The summed E-state index contributed by atoms with van der Waals surface area (Å²) in [6.07, 6.45) is 7.16. The molecule has 1 saturated heterocycles. The smallest absolute Gasteiger partial charge is 0.295 e. The molecule has 0 spiro atoms. The van der Waals surface area contributed by atoms with E-state index in [1.54, 1.807) is 11.1 Å². The third-order valence-corrected chi connectivity index (χ3v) is 5.70. The Morgan fingerprint density at radius 3 is 2.81 bits per heavy atom. The van der Waals surface area contributed by atoms with Crippen LogP contribution in [0, 0.1) is 5.82 Å². The first-order valence-corrected chi connectivity index (χ1v) is 10.0. The molecule has 1 fully saturated rings. The lowest BCUT2D eigenvalue weighted by atomic mass is 9.90. The molecule has 4 heterocycles. The van der Waals surface area contributed by atoms with Gasteiger partial charge in [-0.1, -0.05) is 35.5 Å². The molecule has 0 saturated carbocycles. The number of amides is 1. The molecule has 0 bridgehead atoms. The van der Waals surface area contributed by atoms with Crippen LogP contribution in [0.3, 0.4) is 0 Å². The lowest BCUT2D eigenvalue weighted by Crippen LogP contribution is -2.42. The monoisotopic (exact) mass is 418 g/mol. The van der Waals surface area contributed by atoms with Crippen molar-refractivity contribution < 1.29 is 14.0 Å². The number of carbonyl (C=O) groups excluding carboxylic acids is 2. The molecular formula is C22H19FN6O2. The maximum atomic E-state index is 14.6. The summed E-state index contributed by atoms with van der Waals surface area (Å²) in [5.74, 6) is -1.58. The summed E-state index contributed by atoms with van der Waals surface area (Å²) in [4.78, 5) is 34.6. The van der Waals surface area contributed by atoms with Gasteiger partial charge in [-0.15, -0.1) is 5.10 Å². The van der Waals surface area contributed by atoms with Crippen molar-refractivity contribution in [1.82, 2.24) is 29.9 Å². The topological polar surface area (TPSA) is 96.8 Å². The van der Waals surface area contributed by atoms with Gasteiger partial charge in [-0.2, -0.15) is 0 Å². The van der Waals surface area contributed by atoms with Crippen molar-refractivity contribution in [3.63, 3.8) is 0 Å². The van der Waals surface area contributed by atoms with Gasteiger partial charge in [-0.3, -0.25) is 9.59 Å². The summed E-state index contributed by atoms with van der Waals surface area (Å²) in [6.45, 7) is 0.968. The molecule has 5 rings (SSSR count). The molecule has 0 unspecified atom stereocenters. The number of rotatable bonds is 4. The molecule has 3 aromatic heterocycles. The molecule has 1 aliphatic heterocycles. The Balaban J connectivity index is 1.45. The highest BCUT2D eigenvalue weighted by Crippen LogP contribution is 2.29. The van der Waals surface area contributed by atoms with Crippen LogP contribution in [0.4, 0.5) is 4.39 Å². The summed E-state index contributed by atoms with van der Waals surface area (Å²) in [6, 6.07) is 9.96. The predicted molar refractivity (Wildman–Crippen MR) is 110 cm³/mol. The van der Waals surface area contributed by atoms with Crippen LogP contribution < -0.4 is 0 Å². The standard InChI is InChI=1S/C22H19FN6O2/c23-17-12-25-21(29-10-8-26-27-29)19-18(17)16(11-24-19)20(30)22(31)28-9-4-7-15(13-28)14-5-2-1-3-6-14/h1-3,5-6,8,10-12,15,24H,4,7,9,13H2/t15-/m0/s1. The van der Waals surface area contributed by atoms with Crippen molar-refractivity contribution in [3.8, 4) is 5.82 Å². The molecule has 156 valence electrons. The van der Waals surface area contributed by atoms with E-state index < -0.39 is 17.5 Å². The molecule has 9 heteroatoms. The van der Waals surface area contributed by atoms with Crippen molar-refractivity contribution >= 4 is 22.6 Å². The van der Waals surface area contributed by atoms with Crippen molar-refractivity contribution in [1.29, 1.82) is 0 Å². The number of hydrogen-bond acceptors (Lipinski definition) is 5. The van der Waals surface area contributed by atoms with Gasteiger partial charge in [-0.05, 0) is 18.4 Å². The Morgan fingerprint density at radius 2 is 2.03 bits per heavy atom. The average Bonchev–Trinajstić information content (AvgIpc) is 3.50. The van der Waals surface area contributed by atoms with E-state index in [2.05, 4.69) is 20.3 Å². The maximum Gasteiger partial charge on any atom is 0.295 e. The second-order valence-electron chi connectivity index (χ2n) is 7.56. The summed E-state index contributed by atoms with van der Waals surface area (Å²) >= 11 is 0. The van der Waals surface area contributed by atoms with Gasteiger partial charge in [0.25, 0.3) is 11.7 Å². The van der Waals surface area contributed by atoms with E-state index in [0.717, 1.165) is 24.6 Å². The number of nitrogens with one attached hydrogen (secondary N) is 1. The van der Waals surface area contributed by atoms with Crippen LogP contribution in [-0.4, -0.2) is 54.6 Å². The number of aromatic nitrogens is 5. The van der Waals surface area contributed by atoms with Crippen molar-refractivity contribution in [2.45, 2.75) is 18.8 Å². The van der Waals surface area contributed by atoms with Gasteiger partial charge >= 0.3 is 0 Å². The Hall–Kier alpha value is -3.88. The Bertz CT molecular complexity index is 1250. The molecule has 1 N–H and O–H groups in total. The molecule has 31 heavy (non-hydrogen) atoms. The number of likely N-dealkylation sites (tertiary alicyclic amines) is 1. The number of nitrogens with zero attached hydrogens (tertiary/aromatic N) is 5. The summed E-state index contributed by atoms with van der Waals surface area (Å²) < 4.78 is 16.0. The van der Waals surface area contributed by atoms with Gasteiger partial charge in [0.2, 0.25) is 0 Å². The lowest BCUT2D eigenvalue weighted by molar-refractivity contribution is -0.127. The molecule has 1 atom stereocenters. The number of ketones is 1. The number of pyridine rings is 1. The van der Waals surface area contributed by atoms with E-state index in [1.165, 1.54) is 17.1 Å². The van der Waals surface area contributed by atoms with Crippen molar-refractivity contribution in [2.75, 3.05) is 13.1 Å². The Labute approximate surface area is 176 Å². The van der Waals surface area contributed by atoms with Crippen LogP contribution in [-0.2, 0) is 4.79 Å². The minimum absolute atomic E-state index is 0.0110. The summed E-state index contributed by atoms with van der Waals surface area (Å²) in [5, 5.41) is 7.62. The number of halogens is 1. The van der Waals surface area contributed by atoms with E-state index in [1.807, 2.05) is 30.3 Å². The van der Waals surface area contributed by atoms with Crippen LogP contribution in [0.5, 0.6) is 0 Å². The van der Waals surface area contributed by atoms with Gasteiger partial charge in [0, 0.05) is 25.2 Å². The van der Waals surface area contributed by atoms with Crippen molar-refractivity contribution in [3.05, 3.63) is 72.1 Å². The first-order chi connectivity index (χ1) is 15.1. The molecule has 0 aliphatic carbocycles. The highest BCUT2D eigenvalue weighted by Gasteiger charge is 2.31. The molecule has 4 aromatic rings. The number of fused-ring (bicyclic) bond motifs is 1. The average molecular weight is 418 g/mol. The number of benzene rings is 1. The van der Waals surface area contributed by atoms with Gasteiger partial charge in [-0.25, -0.2) is 14.1 Å². The highest BCUT2D eigenvalue weighted by atomic mass is 19.1. The number of H-pyrrole nitrogens is 1. The molecule has 0 radical (unpaired) electrons. The Kier molecular flexibility index (Phi) is 4.78. The zero-order valence-electron chi connectivity index (χ0n) is 16.5. The SMILES string of the molecule is O=C(C(=O)N1CCC[C@H](c2ccccc2)C1)c1c[nH]c2c(-n3ccnn3)ncc(F)c12. The van der Waals surface area contributed by atoms with Gasteiger partial charge in [0.15, 0.2) is 11.6 Å². The van der Waals surface area contributed by atoms with Gasteiger partial charge in [0.05, 0.1) is 35.1 Å². The van der Waals surface area contributed by atoms with E-state index in [9.17, 15) is 14.0 Å². The fraction of sp³-hybridized carbons (Fsp3) is 0.227. The lowest BCUT2D eigenvalue weighted by Gasteiger charge is -2.32. The zero-order chi connectivity index (χ0) is 21.4. The van der Waals surface area contributed by atoms with Gasteiger partial charge in [0.1, 0.15) is 0 Å². The molecule has 1 aliphatic rings. The minimum Gasteiger partial charge on any atom is -0.357 e. The van der Waals surface area contributed by atoms with Crippen LogP contribution in [0.15, 0.2) is 55.1 Å². The van der Waals surface area contributed by atoms with Crippen LogP contribution >= 0.6 is 0 Å². The van der Waals surface area contributed by atoms with E-state index in [4.69, 9.17) is 0 Å². The molecule has 1 aromatic carbocycles. The molecule has 8 nitrogen and oxygen atoms in total. The number of hydrogen-bond donors (Lipinski definition) is 1. The number of piperidine rings is 1. The zero-order valence-corrected chi connectivity index (χ0v) is 16.5. The summed E-state index contributed by atoms with van der Waals surface area (Å²) in [5.41, 5.74) is 1.42. The fourth-order valence-electron chi connectivity index (χ4n) is 4.19. The molecular weight excluding hydrogens is 399 g/mol. The largest absolute Gasteiger partial charge is 0.357 e. The second-order valence-corrected chi connectivity index (χ2v) is 7.56. The predicted octanol–water partition coefficient (Wildman–Crippen LogP) is 2.87. The number of Topliss-reactive ketones (excluding diaryl/α,β-unsaturated/α-hetero) is 1. The van der Waals surface area contributed by atoms with E-state index >= 15 is 0 Å². The second kappa shape index (κ2) is 7.75. The van der Waals surface area contributed by atoms with Crippen LogP contribution in [0.25, 0.3) is 16.7 Å². The third kappa shape index (κ3) is 3.37. The first-order valence-electron chi connectivity index (χ1n) is 10.0. The van der Waals surface area contributed by atoms with E-state index in [-0.39, 0.29) is 22.4 Å². The van der Waals surface area contributed by atoms with Crippen molar-refractivity contribution in [2.24, 2.45) is 0 Å². The van der Waals surface area contributed by atoms with Gasteiger partial charge < -0.3 is 9.88 Å².